The van der Waals surface area contributed by atoms with Crippen molar-refractivity contribution >= 4 is 22.2 Å². The molecule has 0 radical (unpaired) electrons. The van der Waals surface area contributed by atoms with Crippen LogP contribution in [0.5, 0.6) is 0 Å². The highest BCUT2D eigenvalue weighted by Gasteiger charge is 2.28. The molecule has 1 aliphatic rings. The minimum absolute atomic E-state index is 0.0811. The Labute approximate surface area is 119 Å². The van der Waals surface area contributed by atoms with E-state index in [1.807, 2.05) is 18.2 Å². The molecular weight excluding hydrogens is 268 g/mol. The molecule has 100 valence electrons. The van der Waals surface area contributed by atoms with E-state index in [-0.39, 0.29) is 11.5 Å². The van der Waals surface area contributed by atoms with Crippen LogP contribution in [0.1, 0.15) is 16.1 Å². The van der Waals surface area contributed by atoms with E-state index in [0.717, 1.165) is 16.5 Å². The number of nitro groups is 1. The third-order valence-corrected chi connectivity index (χ3v) is 3.73. The Morgan fingerprint density at radius 1 is 1.00 bits per heavy atom. The van der Waals surface area contributed by atoms with Gasteiger partial charge in [0, 0.05) is 34.8 Å². The van der Waals surface area contributed by atoms with E-state index in [1.165, 1.54) is 12.1 Å². The molecule has 3 aromatic rings. The van der Waals surface area contributed by atoms with Crippen molar-refractivity contribution in [3.63, 3.8) is 0 Å². The van der Waals surface area contributed by atoms with Crippen molar-refractivity contribution < 1.29 is 9.72 Å². The quantitative estimate of drug-likeness (QED) is 0.394. The Kier molecular flexibility index (Phi) is 2.21. The van der Waals surface area contributed by atoms with Gasteiger partial charge in [-0.3, -0.25) is 19.9 Å². The number of ketones is 1. The predicted molar refractivity (Wildman–Crippen MR) is 77.3 cm³/mol. The second-order valence-electron chi connectivity index (χ2n) is 4.88. The maximum atomic E-state index is 12.6. The van der Waals surface area contributed by atoms with E-state index >= 15 is 0 Å². The van der Waals surface area contributed by atoms with Gasteiger partial charge < -0.3 is 0 Å². The third kappa shape index (κ3) is 1.51. The zero-order valence-corrected chi connectivity index (χ0v) is 10.7. The lowest BCUT2D eigenvalue weighted by Crippen LogP contribution is -2.12. The highest BCUT2D eigenvalue weighted by Crippen LogP contribution is 2.40. The smallest absolute Gasteiger partial charge is 0.270 e. The van der Waals surface area contributed by atoms with E-state index in [2.05, 4.69) is 4.98 Å². The molecule has 2 aromatic carbocycles. The summed E-state index contributed by atoms with van der Waals surface area (Å²) in [4.78, 5) is 27.3. The van der Waals surface area contributed by atoms with Crippen LogP contribution in [0.4, 0.5) is 5.69 Å². The number of aromatic nitrogens is 1. The normalized spacial score (nSPS) is 12.3. The molecule has 0 N–H and O–H groups in total. The number of hydrogen-bond acceptors (Lipinski definition) is 4. The molecule has 0 bridgehead atoms. The van der Waals surface area contributed by atoms with Crippen LogP contribution in [0.15, 0.2) is 48.7 Å². The number of nitro benzene ring substituents is 1. The van der Waals surface area contributed by atoms with E-state index in [0.29, 0.717) is 16.6 Å². The van der Waals surface area contributed by atoms with E-state index < -0.39 is 4.92 Å². The van der Waals surface area contributed by atoms with Crippen molar-refractivity contribution in [2.75, 3.05) is 0 Å². The van der Waals surface area contributed by atoms with Crippen molar-refractivity contribution in [3.8, 4) is 11.1 Å². The van der Waals surface area contributed by atoms with Gasteiger partial charge in [0.1, 0.15) is 5.69 Å². The molecule has 5 nitrogen and oxygen atoms in total. The van der Waals surface area contributed by atoms with Gasteiger partial charge in [0.25, 0.3) is 5.69 Å². The number of pyridine rings is 1. The molecule has 5 heteroatoms. The van der Waals surface area contributed by atoms with Gasteiger partial charge >= 0.3 is 0 Å². The Bertz CT molecular complexity index is 947. The van der Waals surface area contributed by atoms with Crippen LogP contribution in [0.3, 0.4) is 0 Å². The lowest BCUT2D eigenvalue weighted by molar-refractivity contribution is -0.384. The topological polar surface area (TPSA) is 73.1 Å². The minimum atomic E-state index is -0.482. The SMILES string of the molecule is O=C1c2ncccc2-c2cccc3cc([N+](=O)[O-])cc1c23. The molecule has 1 heterocycles. The summed E-state index contributed by atoms with van der Waals surface area (Å²) in [7, 11) is 0. The first-order valence-corrected chi connectivity index (χ1v) is 6.38. The van der Waals surface area contributed by atoms with Gasteiger partial charge in [-0.1, -0.05) is 24.3 Å². The second-order valence-corrected chi connectivity index (χ2v) is 4.88. The van der Waals surface area contributed by atoms with Crippen LogP contribution in [-0.2, 0) is 0 Å². The Morgan fingerprint density at radius 2 is 1.81 bits per heavy atom. The second kappa shape index (κ2) is 3.96. The number of carbonyl (C=O) groups excluding carboxylic acids is 1. The van der Waals surface area contributed by atoms with Crippen molar-refractivity contribution in [1.82, 2.24) is 4.98 Å². The Hall–Kier alpha value is -3.08. The fourth-order valence-electron chi connectivity index (χ4n) is 2.85. The summed E-state index contributed by atoms with van der Waals surface area (Å²) in [6.45, 7) is 0. The van der Waals surface area contributed by atoms with Crippen molar-refractivity contribution in [3.05, 3.63) is 70.0 Å². The predicted octanol–water partition coefficient (Wildman–Crippen LogP) is 3.35. The number of fused-ring (bicyclic) bond motifs is 2. The molecule has 0 spiro atoms. The average molecular weight is 276 g/mol. The Balaban J connectivity index is 2.20. The van der Waals surface area contributed by atoms with Gasteiger partial charge in [-0.2, -0.15) is 0 Å². The molecule has 0 amide bonds. The van der Waals surface area contributed by atoms with Crippen LogP contribution < -0.4 is 0 Å². The van der Waals surface area contributed by atoms with Gasteiger partial charge in [-0.05, 0) is 17.0 Å². The van der Waals surface area contributed by atoms with Gasteiger partial charge in [-0.25, -0.2) is 0 Å². The molecule has 1 aromatic heterocycles. The van der Waals surface area contributed by atoms with E-state index in [4.69, 9.17) is 0 Å². The average Bonchev–Trinajstić information content (AvgIpc) is 2.51. The minimum Gasteiger partial charge on any atom is -0.287 e. The van der Waals surface area contributed by atoms with Crippen LogP contribution in [0.2, 0.25) is 0 Å². The standard InChI is InChI=1S/C16H8N2O3/c19-16-13-8-10(18(20)21)7-9-3-1-4-11(14(9)13)12-5-2-6-17-15(12)16/h1-8H. The van der Waals surface area contributed by atoms with E-state index in [1.54, 1.807) is 18.3 Å². The summed E-state index contributed by atoms with van der Waals surface area (Å²) in [5, 5.41) is 12.5. The summed E-state index contributed by atoms with van der Waals surface area (Å²) in [5.74, 6) is -0.266. The summed E-state index contributed by atoms with van der Waals surface area (Å²) >= 11 is 0. The van der Waals surface area contributed by atoms with Gasteiger partial charge in [0.2, 0.25) is 5.78 Å². The lowest BCUT2D eigenvalue weighted by atomic mass is 9.85. The number of carbonyl (C=O) groups is 1. The molecule has 0 unspecified atom stereocenters. The monoisotopic (exact) mass is 276 g/mol. The van der Waals surface area contributed by atoms with Crippen molar-refractivity contribution in [2.45, 2.75) is 0 Å². The molecule has 0 saturated carbocycles. The highest BCUT2D eigenvalue weighted by molar-refractivity contribution is 6.25. The zero-order valence-electron chi connectivity index (χ0n) is 10.7. The van der Waals surface area contributed by atoms with Crippen LogP contribution >= 0.6 is 0 Å². The summed E-state index contributed by atoms with van der Waals surface area (Å²) in [5.41, 5.74) is 2.27. The fraction of sp³-hybridized carbons (Fsp3) is 0. The largest absolute Gasteiger partial charge is 0.287 e. The number of nitrogens with zero attached hydrogens (tertiary/aromatic N) is 2. The van der Waals surface area contributed by atoms with Gasteiger partial charge in [-0.15, -0.1) is 0 Å². The highest BCUT2D eigenvalue weighted by atomic mass is 16.6. The zero-order chi connectivity index (χ0) is 14.6. The first kappa shape index (κ1) is 11.7. The number of rotatable bonds is 1. The first-order valence-electron chi connectivity index (χ1n) is 6.38. The fourth-order valence-corrected chi connectivity index (χ4v) is 2.85. The maximum Gasteiger partial charge on any atom is 0.270 e. The molecule has 0 atom stereocenters. The number of hydrogen-bond donors (Lipinski definition) is 0. The molecule has 0 fully saturated rings. The maximum absolute atomic E-state index is 12.6. The molecule has 1 aliphatic carbocycles. The molecule has 4 rings (SSSR count). The number of benzene rings is 2. The van der Waals surface area contributed by atoms with Crippen molar-refractivity contribution in [1.29, 1.82) is 0 Å². The molecule has 0 aliphatic heterocycles. The Morgan fingerprint density at radius 3 is 2.62 bits per heavy atom. The van der Waals surface area contributed by atoms with Gasteiger partial charge in [0.05, 0.1) is 4.92 Å². The first-order chi connectivity index (χ1) is 10.2. The molecular formula is C16H8N2O3. The summed E-state index contributed by atoms with van der Waals surface area (Å²) < 4.78 is 0. The lowest BCUT2D eigenvalue weighted by Gasteiger charge is -2.18. The van der Waals surface area contributed by atoms with Crippen LogP contribution in [0, 0.1) is 10.1 Å². The van der Waals surface area contributed by atoms with Crippen LogP contribution in [-0.4, -0.2) is 15.7 Å². The molecule has 0 saturated heterocycles. The van der Waals surface area contributed by atoms with Crippen LogP contribution in [0.25, 0.3) is 21.9 Å². The van der Waals surface area contributed by atoms with Crippen molar-refractivity contribution in [2.24, 2.45) is 0 Å². The number of non-ortho nitro benzene ring substituents is 1. The molecule has 21 heavy (non-hydrogen) atoms. The van der Waals surface area contributed by atoms with Gasteiger partial charge in [0.15, 0.2) is 0 Å². The summed E-state index contributed by atoms with van der Waals surface area (Å²) in [6, 6.07) is 12.0. The van der Waals surface area contributed by atoms with E-state index in [9.17, 15) is 14.9 Å². The summed E-state index contributed by atoms with van der Waals surface area (Å²) in [6.07, 6.45) is 1.55. The third-order valence-electron chi connectivity index (χ3n) is 3.73.